The maximum Gasteiger partial charge on any atom is 0.243 e. The fourth-order valence-electron chi connectivity index (χ4n) is 4.25. The Morgan fingerprint density at radius 3 is 2.83 bits per heavy atom. The Bertz CT molecular complexity index is 1050. The van der Waals surface area contributed by atoms with Crippen LogP contribution in [0.5, 0.6) is 5.75 Å². The minimum atomic E-state index is -3.75. The van der Waals surface area contributed by atoms with Crippen molar-refractivity contribution in [3.05, 3.63) is 35.2 Å². The second kappa shape index (κ2) is 7.46. The van der Waals surface area contributed by atoms with Gasteiger partial charge < -0.3 is 14.2 Å². The summed E-state index contributed by atoms with van der Waals surface area (Å²) >= 11 is 0. The summed E-state index contributed by atoms with van der Waals surface area (Å²) in [5.74, 6) is 1.05. The van der Waals surface area contributed by atoms with E-state index in [1.54, 1.807) is 21.3 Å². The number of hydrogen-bond donors (Lipinski definition) is 0. The molecule has 2 aliphatic heterocycles. The first-order valence-corrected chi connectivity index (χ1v) is 11.3. The minimum Gasteiger partial charge on any atom is -0.489 e. The quantitative estimate of drug-likeness (QED) is 0.757. The van der Waals surface area contributed by atoms with Gasteiger partial charge in [0.05, 0.1) is 28.9 Å². The molecule has 0 saturated carbocycles. The molecule has 1 aromatic heterocycles. The second-order valence-electron chi connectivity index (χ2n) is 7.38. The molecule has 0 N–H and O–H groups in total. The third kappa shape index (κ3) is 3.32. The predicted molar refractivity (Wildman–Crippen MR) is 106 cm³/mol. The molecule has 9 heteroatoms. The molecule has 1 unspecified atom stereocenters. The van der Waals surface area contributed by atoms with Crippen molar-refractivity contribution in [1.29, 1.82) is 0 Å². The zero-order valence-electron chi connectivity index (χ0n) is 16.8. The zero-order valence-corrected chi connectivity index (χ0v) is 17.7. The van der Waals surface area contributed by atoms with E-state index in [4.69, 9.17) is 9.26 Å². The smallest absolute Gasteiger partial charge is 0.243 e. The van der Waals surface area contributed by atoms with E-state index < -0.39 is 10.0 Å². The molecule has 29 heavy (non-hydrogen) atoms. The number of carbonyl (C=O) groups excluding carboxylic acids is 1. The number of nitrogens with zero attached hydrogens (tertiary/aromatic N) is 3. The molecule has 4 rings (SSSR count). The number of carbonyl (C=O) groups is 1. The van der Waals surface area contributed by atoms with Gasteiger partial charge in [-0.05, 0) is 31.9 Å². The number of hydrogen-bond acceptors (Lipinski definition) is 6. The summed E-state index contributed by atoms with van der Waals surface area (Å²) < 4.78 is 39.6. The van der Waals surface area contributed by atoms with Crippen LogP contribution >= 0.6 is 0 Å². The Balaban J connectivity index is 1.71. The van der Waals surface area contributed by atoms with E-state index in [1.807, 2.05) is 13.8 Å². The van der Waals surface area contributed by atoms with Crippen molar-refractivity contribution in [3.63, 3.8) is 0 Å². The van der Waals surface area contributed by atoms with Gasteiger partial charge >= 0.3 is 0 Å². The lowest BCUT2D eigenvalue weighted by Crippen LogP contribution is -2.36. The molecule has 2 aromatic rings. The van der Waals surface area contributed by atoms with Gasteiger partial charge in [0.25, 0.3) is 0 Å². The van der Waals surface area contributed by atoms with Crippen LogP contribution in [0, 0.1) is 6.92 Å². The van der Waals surface area contributed by atoms with Gasteiger partial charge in [-0.25, -0.2) is 8.42 Å². The number of ether oxygens (including phenoxy) is 1. The van der Waals surface area contributed by atoms with Crippen LogP contribution in [0.25, 0.3) is 0 Å². The fraction of sp³-hybridized carbons (Fsp3) is 0.500. The van der Waals surface area contributed by atoms with Gasteiger partial charge in [0, 0.05) is 31.5 Å². The Morgan fingerprint density at radius 1 is 1.31 bits per heavy atom. The third-order valence-electron chi connectivity index (χ3n) is 5.62. The van der Waals surface area contributed by atoms with Crippen LogP contribution in [0.4, 0.5) is 5.69 Å². The van der Waals surface area contributed by atoms with Crippen molar-refractivity contribution < 1.29 is 22.5 Å². The number of fused-ring (bicyclic) bond motifs is 1. The number of amides is 1. The van der Waals surface area contributed by atoms with Crippen molar-refractivity contribution in [2.45, 2.75) is 51.0 Å². The van der Waals surface area contributed by atoms with Gasteiger partial charge in [-0.2, -0.15) is 4.31 Å². The van der Waals surface area contributed by atoms with Crippen molar-refractivity contribution in [3.8, 4) is 5.75 Å². The highest BCUT2D eigenvalue weighted by Gasteiger charge is 2.39. The molecule has 8 nitrogen and oxygen atoms in total. The van der Waals surface area contributed by atoms with E-state index in [2.05, 4.69) is 5.16 Å². The summed E-state index contributed by atoms with van der Waals surface area (Å²) in [6.45, 7) is 6.54. The summed E-state index contributed by atoms with van der Waals surface area (Å²) in [7, 11) is -3.75. The summed E-state index contributed by atoms with van der Waals surface area (Å²) in [5, 5.41) is 4.05. The van der Waals surface area contributed by atoms with E-state index in [0.717, 1.165) is 29.9 Å². The molecule has 0 bridgehead atoms. The lowest BCUT2D eigenvalue weighted by molar-refractivity contribution is -0.116. The molecule has 2 aliphatic rings. The average Bonchev–Trinajstić information content (AvgIpc) is 3.33. The number of aryl methyl sites for hydroxylation is 2. The number of aromatic nitrogens is 1. The topological polar surface area (TPSA) is 92.9 Å². The molecule has 3 heterocycles. The van der Waals surface area contributed by atoms with E-state index in [0.29, 0.717) is 37.6 Å². The molecule has 1 atom stereocenters. The number of rotatable bonds is 4. The minimum absolute atomic E-state index is 0.0974. The van der Waals surface area contributed by atoms with Crippen molar-refractivity contribution in [1.82, 2.24) is 9.46 Å². The van der Waals surface area contributed by atoms with Gasteiger partial charge in [0.2, 0.25) is 15.9 Å². The Hall–Kier alpha value is -2.39. The highest BCUT2D eigenvalue weighted by atomic mass is 32.2. The highest BCUT2D eigenvalue weighted by Crippen LogP contribution is 2.41. The number of benzene rings is 1. The summed E-state index contributed by atoms with van der Waals surface area (Å²) in [4.78, 5) is 13.6. The van der Waals surface area contributed by atoms with Crippen molar-refractivity contribution in [2.24, 2.45) is 0 Å². The zero-order chi connectivity index (χ0) is 20.8. The maximum atomic E-state index is 13.5. The van der Waals surface area contributed by atoms with Gasteiger partial charge in [-0.3, -0.25) is 4.79 Å². The summed E-state index contributed by atoms with van der Waals surface area (Å²) in [6, 6.07) is 4.44. The lowest BCUT2D eigenvalue weighted by atomic mass is 10.0. The van der Waals surface area contributed by atoms with Crippen LogP contribution in [0.2, 0.25) is 0 Å². The molecular formula is C20H25N3O5S. The first-order chi connectivity index (χ1) is 13.8. The third-order valence-corrected chi connectivity index (χ3v) is 7.53. The first kappa shape index (κ1) is 19.9. The largest absolute Gasteiger partial charge is 0.489 e. The van der Waals surface area contributed by atoms with Crippen LogP contribution in [-0.2, 0) is 21.2 Å². The highest BCUT2D eigenvalue weighted by molar-refractivity contribution is 7.89. The average molecular weight is 420 g/mol. The van der Waals surface area contributed by atoms with E-state index in [-0.39, 0.29) is 16.8 Å². The van der Waals surface area contributed by atoms with Crippen molar-refractivity contribution in [2.75, 3.05) is 24.6 Å². The van der Waals surface area contributed by atoms with Gasteiger partial charge in [0.15, 0.2) is 0 Å². The second-order valence-corrected chi connectivity index (χ2v) is 9.27. The number of sulfonamides is 1. The van der Waals surface area contributed by atoms with Crippen LogP contribution in [0.1, 0.15) is 49.7 Å². The van der Waals surface area contributed by atoms with Crippen LogP contribution in [0.3, 0.4) is 0 Å². The maximum absolute atomic E-state index is 13.5. The normalized spacial score (nSPS) is 19.8. The van der Waals surface area contributed by atoms with Crippen molar-refractivity contribution >= 4 is 21.6 Å². The lowest BCUT2D eigenvalue weighted by Gasteiger charge is -2.30. The summed E-state index contributed by atoms with van der Waals surface area (Å²) in [6.07, 6.45) is 2.17. The fourth-order valence-corrected chi connectivity index (χ4v) is 5.93. The van der Waals surface area contributed by atoms with E-state index in [1.165, 1.54) is 13.0 Å². The van der Waals surface area contributed by atoms with Gasteiger partial charge in [0.1, 0.15) is 18.1 Å². The van der Waals surface area contributed by atoms with Gasteiger partial charge in [-0.1, -0.05) is 12.1 Å². The van der Waals surface area contributed by atoms with Crippen LogP contribution < -0.4 is 9.64 Å². The predicted octanol–water partition coefficient (Wildman–Crippen LogP) is 2.82. The first-order valence-electron chi connectivity index (χ1n) is 9.86. The van der Waals surface area contributed by atoms with E-state index >= 15 is 0 Å². The van der Waals surface area contributed by atoms with Crippen LogP contribution in [-0.4, -0.2) is 43.5 Å². The monoisotopic (exact) mass is 419 g/mol. The molecule has 1 fully saturated rings. The molecule has 1 saturated heterocycles. The number of anilines is 1. The molecule has 1 amide bonds. The molecule has 1 aromatic carbocycles. The molecule has 0 aliphatic carbocycles. The SMILES string of the molecule is CCc1onc(C)c1C1CCCN1S(=O)(=O)c1ccc2c(c1)OCCN2C(C)=O. The molecule has 0 radical (unpaired) electrons. The Morgan fingerprint density at radius 2 is 2.10 bits per heavy atom. The van der Waals surface area contributed by atoms with Crippen LogP contribution in [0.15, 0.2) is 27.6 Å². The standard InChI is InChI=1S/C20H25N3O5S/c1-4-18-20(13(2)21-28-18)17-6-5-9-23(17)29(25,26)15-7-8-16-19(12-15)27-11-10-22(16)14(3)24/h7-8,12,17H,4-6,9-11H2,1-3H3. The molecule has 0 spiro atoms. The molecular weight excluding hydrogens is 394 g/mol. The summed E-state index contributed by atoms with van der Waals surface area (Å²) in [5.41, 5.74) is 2.22. The van der Waals surface area contributed by atoms with Gasteiger partial charge in [-0.15, -0.1) is 0 Å². The van der Waals surface area contributed by atoms with E-state index in [9.17, 15) is 13.2 Å². The Labute approximate surface area is 170 Å². The molecule has 156 valence electrons. The Kier molecular flexibility index (Phi) is 5.12.